The van der Waals surface area contributed by atoms with E-state index in [2.05, 4.69) is 26.7 Å². The van der Waals surface area contributed by atoms with Crippen LogP contribution in [0.2, 0.25) is 0 Å². The normalized spacial score (nSPS) is 16.8. The van der Waals surface area contributed by atoms with E-state index in [4.69, 9.17) is 4.74 Å². The van der Waals surface area contributed by atoms with E-state index in [0.717, 1.165) is 67.4 Å². The number of rotatable bonds is 7. The average Bonchev–Trinajstić information content (AvgIpc) is 3.27. The summed E-state index contributed by atoms with van der Waals surface area (Å²) in [7, 11) is 1.66. The molecule has 1 aromatic heterocycles. The van der Waals surface area contributed by atoms with Crippen molar-refractivity contribution in [3.8, 4) is 16.9 Å². The van der Waals surface area contributed by atoms with E-state index < -0.39 is 0 Å². The summed E-state index contributed by atoms with van der Waals surface area (Å²) in [6.45, 7) is 5.58. The molecule has 0 spiro atoms. The molecule has 1 aliphatic rings. The first-order valence-corrected chi connectivity index (χ1v) is 10.9. The lowest BCUT2D eigenvalue weighted by molar-refractivity contribution is -0.121. The molecule has 1 saturated heterocycles. The molecule has 2 aromatic carbocycles. The molecule has 0 unspecified atom stereocenters. The molecule has 162 valence electrons. The summed E-state index contributed by atoms with van der Waals surface area (Å²) in [5, 5.41) is 3.19. The number of benzene rings is 2. The lowest BCUT2D eigenvalue weighted by Crippen LogP contribution is -2.40. The van der Waals surface area contributed by atoms with Gasteiger partial charge in [0, 0.05) is 36.7 Å². The van der Waals surface area contributed by atoms with Crippen LogP contribution < -0.4 is 10.1 Å². The first kappa shape index (κ1) is 21.1. The van der Waals surface area contributed by atoms with Crippen LogP contribution in [-0.4, -0.2) is 40.6 Å². The summed E-state index contributed by atoms with van der Waals surface area (Å²) < 4.78 is 7.42. The molecule has 1 fully saturated rings. The Balaban J connectivity index is 1.44. The third-order valence-corrected chi connectivity index (χ3v) is 5.97. The Kier molecular flexibility index (Phi) is 6.67. The number of nitrogens with zero attached hydrogens (tertiary/aromatic N) is 3. The van der Waals surface area contributed by atoms with Gasteiger partial charge in [0.05, 0.1) is 19.6 Å². The number of piperidine rings is 1. The molecule has 1 atom stereocenters. The number of carbonyl (C=O) groups is 1. The van der Waals surface area contributed by atoms with Crippen LogP contribution in [0.4, 0.5) is 5.69 Å². The topological polar surface area (TPSA) is 59.4 Å². The highest BCUT2D eigenvalue weighted by atomic mass is 16.5. The molecule has 1 N–H and O–H groups in total. The van der Waals surface area contributed by atoms with Crippen LogP contribution in [0.3, 0.4) is 0 Å². The van der Waals surface area contributed by atoms with Crippen molar-refractivity contribution in [3.63, 3.8) is 0 Å². The van der Waals surface area contributed by atoms with E-state index >= 15 is 0 Å². The maximum atomic E-state index is 13.1. The number of nitrogens with one attached hydrogen (secondary N) is 1. The molecular weight excluding hydrogens is 388 g/mol. The van der Waals surface area contributed by atoms with Crippen molar-refractivity contribution in [3.05, 3.63) is 66.7 Å². The van der Waals surface area contributed by atoms with Crippen LogP contribution >= 0.6 is 0 Å². The number of hydrogen-bond acceptors (Lipinski definition) is 4. The molecule has 2 heterocycles. The molecule has 1 amide bonds. The molecule has 0 radical (unpaired) electrons. The number of aromatic nitrogens is 2. The standard InChI is InChI=1S/C25H30N4O2/c1-3-29-16-14-26-24(29)18-28-15-6-7-20(17-28)25(30)27-23-9-5-4-8-22(23)19-10-12-21(31-2)13-11-19/h4-5,8-14,16,20H,3,6-7,15,17-18H2,1-2H3,(H,27,30)/t20-/m1/s1. The van der Waals surface area contributed by atoms with Crippen LogP contribution in [0.1, 0.15) is 25.6 Å². The van der Waals surface area contributed by atoms with Crippen LogP contribution in [0, 0.1) is 5.92 Å². The summed E-state index contributed by atoms with van der Waals surface area (Å²) >= 11 is 0. The van der Waals surface area contributed by atoms with Crippen molar-refractivity contribution >= 4 is 11.6 Å². The van der Waals surface area contributed by atoms with Crippen molar-refractivity contribution in [2.75, 3.05) is 25.5 Å². The maximum Gasteiger partial charge on any atom is 0.228 e. The fraction of sp³-hybridized carbons (Fsp3) is 0.360. The van der Waals surface area contributed by atoms with Crippen molar-refractivity contribution in [2.24, 2.45) is 5.92 Å². The first-order chi connectivity index (χ1) is 15.2. The highest BCUT2D eigenvalue weighted by Crippen LogP contribution is 2.30. The number of anilines is 1. The molecule has 0 saturated carbocycles. The SMILES string of the molecule is CCn1ccnc1CN1CCC[C@@H](C(=O)Nc2ccccc2-c2ccc(OC)cc2)C1. The van der Waals surface area contributed by atoms with Crippen LogP contribution in [0.25, 0.3) is 11.1 Å². The fourth-order valence-electron chi connectivity index (χ4n) is 4.24. The van der Waals surface area contributed by atoms with Gasteiger partial charge in [-0.25, -0.2) is 4.98 Å². The van der Waals surface area contributed by atoms with Crippen LogP contribution in [0.15, 0.2) is 60.9 Å². The van der Waals surface area contributed by atoms with E-state index in [1.165, 1.54) is 0 Å². The molecule has 31 heavy (non-hydrogen) atoms. The summed E-state index contributed by atoms with van der Waals surface area (Å²) in [4.78, 5) is 20.0. The molecule has 4 rings (SSSR count). The number of carbonyl (C=O) groups excluding carboxylic acids is 1. The molecule has 6 nitrogen and oxygen atoms in total. The maximum absolute atomic E-state index is 13.1. The Bertz CT molecular complexity index is 1010. The lowest BCUT2D eigenvalue weighted by atomic mass is 9.96. The Morgan fingerprint density at radius 1 is 1.19 bits per heavy atom. The number of methoxy groups -OCH3 is 1. The molecule has 3 aromatic rings. The predicted octanol–water partition coefficient (Wildman–Crippen LogP) is 4.43. The first-order valence-electron chi connectivity index (χ1n) is 10.9. The summed E-state index contributed by atoms with van der Waals surface area (Å²) in [5.74, 6) is 1.94. The van der Waals surface area contributed by atoms with Crippen LogP contribution in [0.5, 0.6) is 5.75 Å². The highest BCUT2D eigenvalue weighted by molar-refractivity contribution is 5.97. The molecule has 6 heteroatoms. The molecule has 1 aliphatic heterocycles. The Labute approximate surface area is 183 Å². The third-order valence-electron chi connectivity index (χ3n) is 5.97. The fourth-order valence-corrected chi connectivity index (χ4v) is 4.24. The smallest absolute Gasteiger partial charge is 0.228 e. The van der Waals surface area contributed by atoms with Crippen molar-refractivity contribution in [2.45, 2.75) is 32.9 Å². The van der Waals surface area contributed by atoms with Crippen molar-refractivity contribution in [1.29, 1.82) is 0 Å². The van der Waals surface area contributed by atoms with E-state index in [1.54, 1.807) is 7.11 Å². The van der Waals surface area contributed by atoms with Crippen molar-refractivity contribution in [1.82, 2.24) is 14.5 Å². The van der Waals surface area contributed by atoms with Gasteiger partial charge in [0.15, 0.2) is 0 Å². The number of imidazole rings is 1. The Hall–Kier alpha value is -3.12. The minimum Gasteiger partial charge on any atom is -0.497 e. The second-order valence-electron chi connectivity index (χ2n) is 7.97. The van der Waals surface area contributed by atoms with Crippen molar-refractivity contribution < 1.29 is 9.53 Å². The lowest BCUT2D eigenvalue weighted by Gasteiger charge is -2.32. The second kappa shape index (κ2) is 9.79. The van der Waals surface area contributed by atoms with Gasteiger partial charge in [-0.15, -0.1) is 0 Å². The molecule has 0 bridgehead atoms. The van der Waals surface area contributed by atoms with Gasteiger partial charge in [-0.3, -0.25) is 9.69 Å². The minimum absolute atomic E-state index is 0.0253. The number of likely N-dealkylation sites (tertiary alicyclic amines) is 1. The number of aryl methyl sites for hydroxylation is 1. The van der Waals surface area contributed by atoms with Gasteiger partial charge in [0.25, 0.3) is 0 Å². The third kappa shape index (κ3) is 4.97. The summed E-state index contributed by atoms with van der Waals surface area (Å²) in [6, 6.07) is 15.9. The summed E-state index contributed by atoms with van der Waals surface area (Å²) in [5.41, 5.74) is 2.90. The van der Waals surface area contributed by atoms with Gasteiger partial charge >= 0.3 is 0 Å². The van der Waals surface area contributed by atoms with Gasteiger partial charge in [-0.2, -0.15) is 0 Å². The number of ether oxygens (including phenoxy) is 1. The predicted molar refractivity (Wildman–Crippen MR) is 123 cm³/mol. The van der Waals surface area contributed by atoms with E-state index in [9.17, 15) is 4.79 Å². The zero-order valence-corrected chi connectivity index (χ0v) is 18.3. The largest absolute Gasteiger partial charge is 0.497 e. The second-order valence-corrected chi connectivity index (χ2v) is 7.97. The zero-order chi connectivity index (χ0) is 21.6. The van der Waals surface area contributed by atoms with E-state index in [1.807, 2.05) is 60.9 Å². The van der Waals surface area contributed by atoms with Crippen LogP contribution in [-0.2, 0) is 17.9 Å². The zero-order valence-electron chi connectivity index (χ0n) is 18.3. The van der Waals surface area contributed by atoms with Gasteiger partial charge in [-0.1, -0.05) is 30.3 Å². The van der Waals surface area contributed by atoms with Gasteiger partial charge in [0.2, 0.25) is 5.91 Å². The van der Waals surface area contributed by atoms with E-state index in [-0.39, 0.29) is 11.8 Å². The summed E-state index contributed by atoms with van der Waals surface area (Å²) in [6.07, 6.45) is 5.79. The number of hydrogen-bond donors (Lipinski definition) is 1. The molecular formula is C25H30N4O2. The Morgan fingerprint density at radius 3 is 2.77 bits per heavy atom. The number of para-hydroxylation sites is 1. The van der Waals surface area contributed by atoms with E-state index in [0.29, 0.717) is 0 Å². The molecule has 0 aliphatic carbocycles. The highest BCUT2D eigenvalue weighted by Gasteiger charge is 2.27. The average molecular weight is 419 g/mol. The van der Waals surface area contributed by atoms with Gasteiger partial charge in [-0.05, 0) is 50.1 Å². The Morgan fingerprint density at radius 2 is 2.00 bits per heavy atom. The monoisotopic (exact) mass is 418 g/mol. The quantitative estimate of drug-likeness (QED) is 0.617. The van der Waals surface area contributed by atoms with Gasteiger partial charge in [0.1, 0.15) is 11.6 Å². The van der Waals surface area contributed by atoms with Gasteiger partial charge < -0.3 is 14.6 Å². The number of amides is 1. The minimum atomic E-state index is -0.0253.